The normalized spacial score (nSPS) is 10.0. The number of nitrogens with zero attached hydrogens (tertiary/aromatic N) is 1. The van der Waals surface area contributed by atoms with Crippen molar-refractivity contribution in [3.05, 3.63) is 90.5 Å². The molecule has 5 heteroatoms. The second kappa shape index (κ2) is 7.98. The number of hydrogen-bond acceptors (Lipinski definition) is 3. The van der Waals surface area contributed by atoms with E-state index < -0.39 is 0 Å². The van der Waals surface area contributed by atoms with Crippen molar-refractivity contribution in [3.8, 4) is 0 Å². The molecule has 0 bridgehead atoms. The molecule has 0 saturated carbocycles. The molecule has 130 valence electrons. The van der Waals surface area contributed by atoms with Crippen molar-refractivity contribution >= 4 is 28.9 Å². The zero-order valence-corrected chi connectivity index (χ0v) is 14.3. The molecule has 26 heavy (non-hydrogen) atoms. The molecule has 0 aliphatic heterocycles. The molecule has 0 spiro atoms. The molecule has 0 aliphatic carbocycles. The Morgan fingerprint density at radius 3 is 1.88 bits per heavy atom. The first-order valence-electron chi connectivity index (χ1n) is 8.22. The molecule has 0 saturated heterocycles. The van der Waals surface area contributed by atoms with Crippen molar-refractivity contribution in [2.45, 2.75) is 6.92 Å². The lowest BCUT2D eigenvalue weighted by molar-refractivity contribution is -0.114. The van der Waals surface area contributed by atoms with Crippen LogP contribution < -0.4 is 15.8 Å². The summed E-state index contributed by atoms with van der Waals surface area (Å²) in [6.07, 6.45) is 0. The van der Waals surface area contributed by atoms with E-state index in [1.54, 1.807) is 29.3 Å². The van der Waals surface area contributed by atoms with Gasteiger partial charge in [0.05, 0.1) is 11.4 Å². The Morgan fingerprint density at radius 2 is 1.35 bits per heavy atom. The van der Waals surface area contributed by atoms with E-state index in [9.17, 15) is 9.59 Å². The first-order chi connectivity index (χ1) is 12.6. The van der Waals surface area contributed by atoms with Crippen LogP contribution in [-0.4, -0.2) is 11.8 Å². The zero-order chi connectivity index (χ0) is 18.4. The van der Waals surface area contributed by atoms with Gasteiger partial charge in [-0.3, -0.25) is 20.0 Å². The first kappa shape index (κ1) is 17.2. The Bertz CT molecular complexity index is 856. The number of carbonyl (C=O) groups is 2. The molecule has 3 aromatic rings. The van der Waals surface area contributed by atoms with E-state index in [0.29, 0.717) is 11.3 Å². The first-order valence-corrected chi connectivity index (χ1v) is 8.22. The number of amides is 2. The fourth-order valence-electron chi connectivity index (χ4n) is 2.54. The van der Waals surface area contributed by atoms with Gasteiger partial charge in [0, 0.05) is 18.2 Å². The van der Waals surface area contributed by atoms with Gasteiger partial charge in [0.25, 0.3) is 5.91 Å². The summed E-state index contributed by atoms with van der Waals surface area (Å²) in [5.74, 6) is -0.456. The summed E-state index contributed by atoms with van der Waals surface area (Å²) < 4.78 is 0. The predicted octanol–water partition coefficient (Wildman–Crippen LogP) is 4.13. The third-order valence-electron chi connectivity index (χ3n) is 3.69. The lowest BCUT2D eigenvalue weighted by atomic mass is 10.2. The number of hydrazine groups is 1. The number of benzene rings is 3. The van der Waals surface area contributed by atoms with Crippen molar-refractivity contribution in [1.29, 1.82) is 0 Å². The molecule has 2 amide bonds. The van der Waals surface area contributed by atoms with E-state index in [1.807, 2.05) is 60.7 Å². The van der Waals surface area contributed by atoms with Crippen LogP contribution in [0.3, 0.4) is 0 Å². The van der Waals surface area contributed by atoms with E-state index in [0.717, 1.165) is 11.4 Å². The number of para-hydroxylation sites is 2. The van der Waals surface area contributed by atoms with Crippen LogP contribution in [0, 0.1) is 0 Å². The lowest BCUT2D eigenvalue weighted by Crippen LogP contribution is -2.38. The van der Waals surface area contributed by atoms with Gasteiger partial charge in [-0.2, -0.15) is 0 Å². The van der Waals surface area contributed by atoms with Gasteiger partial charge in [0.15, 0.2) is 0 Å². The summed E-state index contributed by atoms with van der Waals surface area (Å²) >= 11 is 0. The topological polar surface area (TPSA) is 61.4 Å². The van der Waals surface area contributed by atoms with Crippen LogP contribution in [0.2, 0.25) is 0 Å². The minimum absolute atomic E-state index is 0.183. The summed E-state index contributed by atoms with van der Waals surface area (Å²) in [5, 5.41) is 4.41. The average Bonchev–Trinajstić information content (AvgIpc) is 2.67. The quantitative estimate of drug-likeness (QED) is 0.684. The molecule has 0 unspecified atom stereocenters. The van der Waals surface area contributed by atoms with Gasteiger partial charge in [-0.15, -0.1) is 0 Å². The molecule has 5 nitrogen and oxygen atoms in total. The van der Waals surface area contributed by atoms with Crippen molar-refractivity contribution in [2.75, 3.05) is 10.3 Å². The Labute approximate surface area is 152 Å². The number of anilines is 3. The van der Waals surface area contributed by atoms with E-state index in [4.69, 9.17) is 0 Å². The summed E-state index contributed by atoms with van der Waals surface area (Å²) in [6, 6.07) is 26.0. The van der Waals surface area contributed by atoms with Crippen LogP contribution in [0.5, 0.6) is 0 Å². The third kappa shape index (κ3) is 4.27. The third-order valence-corrected chi connectivity index (χ3v) is 3.69. The van der Waals surface area contributed by atoms with Gasteiger partial charge in [0.2, 0.25) is 5.91 Å². The Kier molecular flexibility index (Phi) is 5.29. The fraction of sp³-hybridized carbons (Fsp3) is 0.0476. The molecule has 0 aromatic heterocycles. The van der Waals surface area contributed by atoms with Gasteiger partial charge in [-0.1, -0.05) is 42.5 Å². The number of hydrogen-bond donors (Lipinski definition) is 2. The van der Waals surface area contributed by atoms with Crippen LogP contribution in [0.4, 0.5) is 17.1 Å². The molecule has 3 rings (SSSR count). The maximum atomic E-state index is 12.8. The standard InChI is InChI=1S/C21H19N3O2/c1-16(25)22-18-10-8-9-17(15-18)21(26)23-24(19-11-4-2-5-12-19)20-13-6-3-7-14-20/h2-15H,1H3,(H,22,25)(H,23,26). The predicted molar refractivity (Wildman–Crippen MR) is 103 cm³/mol. The fourth-order valence-corrected chi connectivity index (χ4v) is 2.54. The Balaban J connectivity index is 1.88. The maximum Gasteiger partial charge on any atom is 0.270 e. The minimum atomic E-state index is -0.273. The average molecular weight is 345 g/mol. The van der Waals surface area contributed by atoms with Gasteiger partial charge in [-0.05, 0) is 42.5 Å². The van der Waals surface area contributed by atoms with Crippen LogP contribution in [-0.2, 0) is 4.79 Å². The van der Waals surface area contributed by atoms with Crippen molar-refractivity contribution in [3.63, 3.8) is 0 Å². The number of nitrogens with one attached hydrogen (secondary N) is 2. The highest BCUT2D eigenvalue weighted by Crippen LogP contribution is 2.23. The summed E-state index contributed by atoms with van der Waals surface area (Å²) in [7, 11) is 0. The Morgan fingerprint density at radius 1 is 0.769 bits per heavy atom. The van der Waals surface area contributed by atoms with Crippen molar-refractivity contribution in [2.24, 2.45) is 0 Å². The minimum Gasteiger partial charge on any atom is -0.326 e. The number of rotatable bonds is 5. The molecule has 0 atom stereocenters. The van der Waals surface area contributed by atoms with Crippen molar-refractivity contribution in [1.82, 2.24) is 5.43 Å². The zero-order valence-electron chi connectivity index (χ0n) is 14.3. The van der Waals surface area contributed by atoms with Crippen LogP contribution in [0.25, 0.3) is 0 Å². The summed E-state index contributed by atoms with van der Waals surface area (Å²) in [5.41, 5.74) is 5.64. The maximum absolute atomic E-state index is 12.8. The molecule has 0 fully saturated rings. The summed E-state index contributed by atoms with van der Waals surface area (Å²) in [4.78, 5) is 24.0. The molecule has 0 radical (unpaired) electrons. The molecule has 0 aliphatic rings. The second-order valence-electron chi connectivity index (χ2n) is 5.71. The van der Waals surface area contributed by atoms with Crippen molar-refractivity contribution < 1.29 is 9.59 Å². The van der Waals surface area contributed by atoms with E-state index in [-0.39, 0.29) is 11.8 Å². The molecule has 2 N–H and O–H groups in total. The van der Waals surface area contributed by atoms with Gasteiger partial charge < -0.3 is 5.32 Å². The van der Waals surface area contributed by atoms with E-state index in [2.05, 4.69) is 10.7 Å². The highest BCUT2D eigenvalue weighted by atomic mass is 16.2. The SMILES string of the molecule is CC(=O)Nc1cccc(C(=O)NN(c2ccccc2)c2ccccc2)c1. The second-order valence-corrected chi connectivity index (χ2v) is 5.71. The smallest absolute Gasteiger partial charge is 0.270 e. The Hall–Kier alpha value is -3.60. The van der Waals surface area contributed by atoms with E-state index in [1.165, 1.54) is 6.92 Å². The largest absolute Gasteiger partial charge is 0.326 e. The molecule has 3 aromatic carbocycles. The van der Waals surface area contributed by atoms with Crippen LogP contribution in [0.15, 0.2) is 84.9 Å². The van der Waals surface area contributed by atoms with Gasteiger partial charge >= 0.3 is 0 Å². The highest BCUT2D eigenvalue weighted by molar-refractivity contribution is 5.98. The highest BCUT2D eigenvalue weighted by Gasteiger charge is 2.14. The molecular formula is C21H19N3O2. The van der Waals surface area contributed by atoms with Gasteiger partial charge in [-0.25, -0.2) is 0 Å². The van der Waals surface area contributed by atoms with Crippen LogP contribution in [0.1, 0.15) is 17.3 Å². The lowest BCUT2D eigenvalue weighted by Gasteiger charge is -2.25. The summed E-state index contributed by atoms with van der Waals surface area (Å²) in [6.45, 7) is 1.43. The number of carbonyl (C=O) groups excluding carboxylic acids is 2. The monoisotopic (exact) mass is 345 g/mol. The van der Waals surface area contributed by atoms with E-state index >= 15 is 0 Å². The molecular weight excluding hydrogens is 326 g/mol. The molecule has 0 heterocycles. The van der Waals surface area contributed by atoms with Gasteiger partial charge in [0.1, 0.15) is 0 Å². The van der Waals surface area contributed by atoms with Crippen LogP contribution >= 0.6 is 0 Å².